The maximum atomic E-state index is 13.4. The first-order chi connectivity index (χ1) is 14.1. The Kier molecular flexibility index (Phi) is 6.20. The molecule has 0 aliphatic heterocycles. The largest absolute Gasteiger partial charge is 0.466 e. The van der Waals surface area contributed by atoms with Crippen molar-refractivity contribution < 1.29 is 14.3 Å². The van der Waals surface area contributed by atoms with Crippen LogP contribution in [0.2, 0.25) is 0 Å². The fourth-order valence-corrected chi connectivity index (χ4v) is 3.80. The molecule has 4 rings (SSSR count). The highest BCUT2D eigenvalue weighted by Crippen LogP contribution is 2.39. The summed E-state index contributed by atoms with van der Waals surface area (Å²) in [6.07, 6.45) is 3.50. The van der Waals surface area contributed by atoms with Gasteiger partial charge in [-0.25, -0.2) is 4.79 Å². The van der Waals surface area contributed by atoms with Gasteiger partial charge in [0.1, 0.15) is 0 Å². The van der Waals surface area contributed by atoms with E-state index in [1.165, 1.54) is 13.2 Å². The van der Waals surface area contributed by atoms with E-state index in [0.717, 1.165) is 5.56 Å². The van der Waals surface area contributed by atoms with Gasteiger partial charge in [0.15, 0.2) is 5.78 Å². The summed E-state index contributed by atoms with van der Waals surface area (Å²) in [7, 11) is 1.30. The number of ketones is 1. The first-order valence-electron chi connectivity index (χ1n) is 9.37. The second-order valence-electron chi connectivity index (χ2n) is 6.86. The summed E-state index contributed by atoms with van der Waals surface area (Å²) in [6.45, 7) is 0.869. The Morgan fingerprint density at radius 2 is 1.83 bits per heavy atom. The Morgan fingerprint density at radius 3 is 2.53 bits per heavy atom. The molecule has 30 heavy (non-hydrogen) atoms. The second-order valence-corrected chi connectivity index (χ2v) is 6.86. The molecule has 0 radical (unpaired) electrons. The van der Waals surface area contributed by atoms with E-state index in [2.05, 4.69) is 4.74 Å². The molecule has 0 amide bonds. The third-order valence-electron chi connectivity index (χ3n) is 5.15. The summed E-state index contributed by atoms with van der Waals surface area (Å²) < 4.78 is 6.26. The third-order valence-corrected chi connectivity index (χ3v) is 5.15. The standard InChI is InChI=1S/C23H20N2O4.ClH/c1-29-19(26)10-8-14-7-9-15-18(13-14)23(28)25(12-4-11-24)21-16-5-2-3-6-17(16)22(27)20(15)21;/h2-3,5-10,13H,4,11-12,24H2,1H3;1H/b10-8+;. The maximum Gasteiger partial charge on any atom is 0.330 e. The number of nitrogens with two attached hydrogens (primary N) is 1. The third kappa shape index (κ3) is 3.44. The van der Waals surface area contributed by atoms with Crippen molar-refractivity contribution in [2.45, 2.75) is 13.0 Å². The van der Waals surface area contributed by atoms with Crippen molar-refractivity contribution in [1.29, 1.82) is 0 Å². The minimum absolute atomic E-state index is 0. The number of ether oxygens (including phenoxy) is 1. The molecule has 2 aromatic carbocycles. The number of fused-ring (bicyclic) bond motifs is 5. The van der Waals surface area contributed by atoms with E-state index < -0.39 is 5.97 Å². The van der Waals surface area contributed by atoms with Gasteiger partial charge in [-0.15, -0.1) is 12.4 Å². The number of pyridine rings is 1. The summed E-state index contributed by atoms with van der Waals surface area (Å²) >= 11 is 0. The summed E-state index contributed by atoms with van der Waals surface area (Å²) in [5.74, 6) is -0.565. The molecule has 0 spiro atoms. The minimum atomic E-state index is -0.481. The van der Waals surface area contributed by atoms with Crippen LogP contribution in [0, 0.1) is 0 Å². The van der Waals surface area contributed by atoms with Crippen LogP contribution in [0.15, 0.2) is 53.3 Å². The molecule has 154 valence electrons. The van der Waals surface area contributed by atoms with E-state index >= 15 is 0 Å². The molecule has 3 aromatic rings. The topological polar surface area (TPSA) is 91.4 Å². The van der Waals surface area contributed by atoms with Gasteiger partial charge in [-0.2, -0.15) is 0 Å². The Bertz CT molecular complexity index is 1240. The molecule has 0 atom stereocenters. The van der Waals surface area contributed by atoms with Crippen molar-refractivity contribution in [1.82, 2.24) is 4.57 Å². The van der Waals surface area contributed by atoms with Crippen molar-refractivity contribution in [2.24, 2.45) is 5.73 Å². The van der Waals surface area contributed by atoms with Crippen LogP contribution in [0.5, 0.6) is 0 Å². The molecule has 0 saturated heterocycles. The van der Waals surface area contributed by atoms with Crippen LogP contribution in [0.1, 0.15) is 27.9 Å². The molecular weight excluding hydrogens is 404 g/mol. The van der Waals surface area contributed by atoms with Gasteiger partial charge in [-0.05, 0) is 30.7 Å². The van der Waals surface area contributed by atoms with Crippen molar-refractivity contribution in [2.75, 3.05) is 13.7 Å². The summed E-state index contributed by atoms with van der Waals surface area (Å²) in [6, 6.07) is 12.6. The lowest BCUT2D eigenvalue weighted by Gasteiger charge is -2.15. The Labute approximate surface area is 179 Å². The number of aromatic nitrogens is 1. The molecule has 0 fully saturated rings. The molecule has 1 aromatic heterocycles. The van der Waals surface area contributed by atoms with Gasteiger partial charge >= 0.3 is 5.97 Å². The lowest BCUT2D eigenvalue weighted by Crippen LogP contribution is -2.24. The summed E-state index contributed by atoms with van der Waals surface area (Å²) in [5, 5.41) is 1.05. The van der Waals surface area contributed by atoms with Crippen molar-refractivity contribution in [3.63, 3.8) is 0 Å². The van der Waals surface area contributed by atoms with Gasteiger partial charge in [0.2, 0.25) is 0 Å². The predicted octanol–water partition coefficient (Wildman–Crippen LogP) is 3.17. The SMILES string of the molecule is COC(=O)/C=C/c1ccc2c3c(n(CCCN)c(=O)c2c1)-c1ccccc1C3=O.Cl. The predicted molar refractivity (Wildman–Crippen MR) is 119 cm³/mol. The lowest BCUT2D eigenvalue weighted by molar-refractivity contribution is -0.134. The number of benzene rings is 2. The lowest BCUT2D eigenvalue weighted by atomic mass is 10.0. The normalized spacial score (nSPS) is 12.0. The van der Waals surface area contributed by atoms with Crippen LogP contribution < -0.4 is 11.3 Å². The second kappa shape index (κ2) is 8.65. The number of carbonyl (C=O) groups excluding carboxylic acids is 2. The highest BCUT2D eigenvalue weighted by Gasteiger charge is 2.32. The molecular formula is C23H21ClN2O4. The number of rotatable bonds is 5. The molecule has 1 aliphatic carbocycles. The molecule has 0 unspecified atom stereocenters. The number of hydrogen-bond acceptors (Lipinski definition) is 5. The minimum Gasteiger partial charge on any atom is -0.466 e. The summed E-state index contributed by atoms with van der Waals surface area (Å²) in [5.41, 5.74) is 8.76. The number of hydrogen-bond donors (Lipinski definition) is 1. The van der Waals surface area contributed by atoms with Crippen molar-refractivity contribution >= 4 is 41.0 Å². The van der Waals surface area contributed by atoms with Crippen LogP contribution in [0.4, 0.5) is 0 Å². The molecule has 2 N–H and O–H groups in total. The van der Waals surface area contributed by atoms with Crippen LogP contribution in [-0.4, -0.2) is 30.0 Å². The van der Waals surface area contributed by atoms with E-state index in [-0.39, 0.29) is 23.7 Å². The van der Waals surface area contributed by atoms with Gasteiger partial charge in [0, 0.05) is 34.5 Å². The van der Waals surface area contributed by atoms with Crippen LogP contribution in [-0.2, 0) is 16.1 Å². The van der Waals surface area contributed by atoms with E-state index in [0.29, 0.717) is 52.7 Å². The maximum absolute atomic E-state index is 13.4. The van der Waals surface area contributed by atoms with Gasteiger partial charge in [0.25, 0.3) is 5.56 Å². The average Bonchev–Trinajstić information content (AvgIpc) is 3.05. The van der Waals surface area contributed by atoms with E-state index in [9.17, 15) is 14.4 Å². The van der Waals surface area contributed by atoms with Crippen LogP contribution in [0.3, 0.4) is 0 Å². The Morgan fingerprint density at radius 1 is 1.10 bits per heavy atom. The molecule has 1 aliphatic rings. The number of carbonyl (C=O) groups is 2. The number of methoxy groups -OCH3 is 1. The molecule has 0 saturated carbocycles. The summed E-state index contributed by atoms with van der Waals surface area (Å²) in [4.78, 5) is 37.9. The van der Waals surface area contributed by atoms with Gasteiger partial charge in [-0.1, -0.05) is 36.4 Å². The highest BCUT2D eigenvalue weighted by atomic mass is 35.5. The number of nitrogens with zero attached hydrogens (tertiary/aromatic N) is 1. The van der Waals surface area contributed by atoms with E-state index in [4.69, 9.17) is 5.73 Å². The van der Waals surface area contributed by atoms with Crippen LogP contribution >= 0.6 is 12.4 Å². The fraction of sp³-hybridized carbons (Fsp3) is 0.174. The molecule has 1 heterocycles. The molecule has 0 bridgehead atoms. The van der Waals surface area contributed by atoms with E-state index in [1.807, 2.05) is 18.2 Å². The molecule has 6 nitrogen and oxygen atoms in total. The number of esters is 1. The van der Waals surface area contributed by atoms with E-state index in [1.54, 1.807) is 34.9 Å². The fourth-order valence-electron chi connectivity index (χ4n) is 3.80. The Balaban J connectivity index is 0.00000256. The average molecular weight is 425 g/mol. The van der Waals surface area contributed by atoms with Gasteiger partial charge < -0.3 is 15.0 Å². The zero-order chi connectivity index (χ0) is 20.5. The smallest absolute Gasteiger partial charge is 0.330 e. The molecule has 7 heteroatoms. The number of halogens is 1. The first-order valence-corrected chi connectivity index (χ1v) is 9.37. The first kappa shape index (κ1) is 21.5. The van der Waals surface area contributed by atoms with Crippen LogP contribution in [0.25, 0.3) is 28.1 Å². The van der Waals surface area contributed by atoms with Gasteiger partial charge in [-0.3, -0.25) is 9.59 Å². The monoisotopic (exact) mass is 424 g/mol. The highest BCUT2D eigenvalue weighted by molar-refractivity contribution is 6.26. The quantitative estimate of drug-likeness (QED) is 0.392. The zero-order valence-corrected chi connectivity index (χ0v) is 17.2. The zero-order valence-electron chi connectivity index (χ0n) is 16.4. The van der Waals surface area contributed by atoms with Crippen molar-refractivity contribution in [3.8, 4) is 11.3 Å². The van der Waals surface area contributed by atoms with Crippen molar-refractivity contribution in [3.05, 3.63) is 75.6 Å². The Hall–Kier alpha value is -3.22. The van der Waals surface area contributed by atoms with Gasteiger partial charge in [0.05, 0.1) is 18.4 Å².